The molecule has 42 heavy (non-hydrogen) atoms. The Labute approximate surface area is 256 Å². The van der Waals surface area contributed by atoms with Crippen molar-refractivity contribution in [2.75, 3.05) is 31.1 Å². The van der Waals surface area contributed by atoms with Gasteiger partial charge in [0.1, 0.15) is 8.95 Å². The number of nitrogens with two attached hydrogens (primary N) is 2. The largest absolute Gasteiger partial charge is 0.382 e. The number of hydrogen-bond acceptors (Lipinski definition) is 11. The molecule has 220 valence electrons. The van der Waals surface area contributed by atoms with E-state index < -0.39 is 26.5 Å². The van der Waals surface area contributed by atoms with Crippen LogP contribution in [-0.4, -0.2) is 77.3 Å². The third-order valence-electron chi connectivity index (χ3n) is 7.48. The smallest absolute Gasteiger partial charge is 0.280 e. The van der Waals surface area contributed by atoms with Crippen molar-refractivity contribution in [3.63, 3.8) is 0 Å². The number of allylic oxidation sites excluding steroid dienone is 2. The Morgan fingerprint density at radius 3 is 2.50 bits per heavy atom. The second-order valence-corrected chi connectivity index (χ2v) is 13.4. The Balaban J connectivity index is 1.09. The number of anilines is 2. The average Bonchev–Trinajstić information content (AvgIpc) is 3.63. The molecule has 15 heteroatoms. The first kappa shape index (κ1) is 29.6. The van der Waals surface area contributed by atoms with Crippen LogP contribution in [0.3, 0.4) is 0 Å². The summed E-state index contributed by atoms with van der Waals surface area (Å²) in [5.41, 5.74) is 11.3. The van der Waals surface area contributed by atoms with Crippen molar-refractivity contribution in [3.05, 3.63) is 63.5 Å². The van der Waals surface area contributed by atoms with Crippen LogP contribution >= 0.6 is 22.6 Å². The molecule has 3 heterocycles. The van der Waals surface area contributed by atoms with Crippen molar-refractivity contribution in [2.45, 2.75) is 41.4 Å². The number of piperidine rings is 1. The number of hydrogen-bond donors (Lipinski definition) is 4. The molecule has 1 atom stereocenters. The lowest BCUT2D eigenvalue weighted by Gasteiger charge is -2.39. The van der Waals surface area contributed by atoms with Crippen molar-refractivity contribution in [3.8, 4) is 0 Å². The molecule has 1 spiro atoms. The number of nitrogen functional groups attached to an aromatic ring is 2. The standard InChI is InChI=1S/C27H29IN8O5S/c28-22-24(30)33-23(29)21(32-22)25(39)34-26-31-15-27(35-26)10-12-36(13-11-27)20(38)9-8-19(37)16-6-7-18(14-16)42(40,41)17-4-2-1-3-5-17/h1-7,14,18H,8-13,15H2,(H4,29,30,33)(H2,31,34,35,39). The van der Waals surface area contributed by atoms with Crippen molar-refractivity contribution < 1.29 is 22.8 Å². The minimum Gasteiger partial charge on any atom is -0.382 e. The number of carbonyl (C=O) groups is 3. The van der Waals surface area contributed by atoms with Gasteiger partial charge in [-0.2, -0.15) is 0 Å². The van der Waals surface area contributed by atoms with E-state index in [-0.39, 0.29) is 46.8 Å². The molecule has 3 aliphatic rings. The number of aliphatic imine (C=N–C) groups is 1. The fourth-order valence-electron chi connectivity index (χ4n) is 5.03. The molecular formula is C27H29IN8O5S. The Bertz CT molecular complexity index is 1630. The number of likely N-dealkylation sites (tertiary alicyclic amines) is 1. The zero-order valence-corrected chi connectivity index (χ0v) is 25.4. The molecule has 2 aliphatic heterocycles. The summed E-state index contributed by atoms with van der Waals surface area (Å²) in [4.78, 5) is 52.7. The molecule has 1 saturated heterocycles. The third kappa shape index (κ3) is 6.16. The highest BCUT2D eigenvalue weighted by molar-refractivity contribution is 14.1. The normalized spacial score (nSPS) is 19.3. The number of nitrogens with one attached hydrogen (secondary N) is 2. The molecule has 6 N–H and O–H groups in total. The molecule has 1 aromatic heterocycles. The SMILES string of the molecule is Nc1nc(N)c(C(=O)NC2=NCC3(CCN(C(=O)CCC(=O)C4=CC(S(=O)(=O)c5ccccc5)C=C4)CC3)N2)nc1I. The molecule has 0 radical (unpaired) electrons. The number of ketones is 1. The minimum absolute atomic E-state index is 0.0115. The third-order valence-corrected chi connectivity index (χ3v) is 10.2. The summed E-state index contributed by atoms with van der Waals surface area (Å²) in [7, 11) is -3.64. The van der Waals surface area contributed by atoms with Gasteiger partial charge in [0.05, 0.1) is 17.0 Å². The summed E-state index contributed by atoms with van der Waals surface area (Å²) in [6, 6.07) is 8.08. The van der Waals surface area contributed by atoms with E-state index in [0.29, 0.717) is 47.7 Å². The Morgan fingerprint density at radius 2 is 1.79 bits per heavy atom. The first-order valence-electron chi connectivity index (χ1n) is 13.2. The Kier molecular flexibility index (Phi) is 8.32. The Hall–Kier alpha value is -3.86. The summed E-state index contributed by atoms with van der Waals surface area (Å²) >= 11 is 1.87. The zero-order valence-electron chi connectivity index (χ0n) is 22.4. The topological polar surface area (TPSA) is 203 Å². The molecule has 1 unspecified atom stereocenters. The molecule has 2 amide bonds. The van der Waals surface area contributed by atoms with E-state index in [1.807, 2.05) is 22.6 Å². The van der Waals surface area contributed by atoms with Gasteiger partial charge in [0.25, 0.3) is 5.91 Å². The van der Waals surface area contributed by atoms with Gasteiger partial charge < -0.3 is 21.7 Å². The van der Waals surface area contributed by atoms with E-state index in [9.17, 15) is 22.8 Å². The quantitative estimate of drug-likeness (QED) is 0.301. The van der Waals surface area contributed by atoms with Crippen LogP contribution in [0.1, 0.15) is 36.2 Å². The molecule has 1 fully saturated rings. The van der Waals surface area contributed by atoms with Crippen LogP contribution in [0.15, 0.2) is 64.0 Å². The van der Waals surface area contributed by atoms with Crippen molar-refractivity contribution in [2.24, 2.45) is 4.99 Å². The van der Waals surface area contributed by atoms with Crippen LogP contribution in [0.4, 0.5) is 11.6 Å². The predicted molar refractivity (Wildman–Crippen MR) is 164 cm³/mol. The summed E-state index contributed by atoms with van der Waals surface area (Å²) in [5.74, 6) is -0.624. The predicted octanol–water partition coefficient (Wildman–Crippen LogP) is 0.984. The van der Waals surface area contributed by atoms with Crippen LogP contribution < -0.4 is 22.1 Å². The van der Waals surface area contributed by atoms with Crippen molar-refractivity contribution in [1.82, 2.24) is 25.5 Å². The summed E-state index contributed by atoms with van der Waals surface area (Å²) in [6.07, 6.45) is 5.67. The van der Waals surface area contributed by atoms with E-state index in [2.05, 4.69) is 25.6 Å². The zero-order chi connectivity index (χ0) is 30.1. The van der Waals surface area contributed by atoms with E-state index >= 15 is 0 Å². The van der Waals surface area contributed by atoms with Gasteiger partial charge in [0.15, 0.2) is 38.9 Å². The number of Topliss-reactive ketones (excluding diaryl/α,β-unsaturated/α-hetero) is 1. The van der Waals surface area contributed by atoms with Gasteiger partial charge in [0, 0.05) is 31.5 Å². The second-order valence-electron chi connectivity index (χ2n) is 10.3. The molecule has 2 aromatic rings. The molecule has 0 bridgehead atoms. The summed E-state index contributed by atoms with van der Waals surface area (Å²) in [5, 5.41) is 5.04. The van der Waals surface area contributed by atoms with Crippen LogP contribution in [0.2, 0.25) is 0 Å². The number of nitrogens with zero attached hydrogens (tertiary/aromatic N) is 4. The fraction of sp³-hybridized carbons (Fsp3) is 0.333. The van der Waals surface area contributed by atoms with Crippen LogP contribution in [0.5, 0.6) is 0 Å². The van der Waals surface area contributed by atoms with Crippen molar-refractivity contribution in [1.29, 1.82) is 0 Å². The number of carbonyl (C=O) groups excluding carboxylic acids is 3. The lowest BCUT2D eigenvalue weighted by atomic mass is 9.88. The molecule has 5 rings (SSSR count). The number of guanidine groups is 1. The van der Waals surface area contributed by atoms with Crippen LogP contribution in [0.25, 0.3) is 0 Å². The number of amides is 2. The summed E-state index contributed by atoms with van der Waals surface area (Å²) in [6.45, 7) is 1.35. The van der Waals surface area contributed by atoms with E-state index in [1.165, 1.54) is 30.4 Å². The molecular weight excluding hydrogens is 675 g/mol. The van der Waals surface area contributed by atoms with Gasteiger partial charge in [-0.3, -0.25) is 24.7 Å². The highest BCUT2D eigenvalue weighted by Crippen LogP contribution is 2.27. The van der Waals surface area contributed by atoms with Gasteiger partial charge >= 0.3 is 0 Å². The second kappa shape index (κ2) is 11.8. The highest BCUT2D eigenvalue weighted by atomic mass is 127. The monoisotopic (exact) mass is 704 g/mol. The van der Waals surface area contributed by atoms with Crippen LogP contribution in [0, 0.1) is 3.70 Å². The van der Waals surface area contributed by atoms with E-state index in [1.54, 1.807) is 23.1 Å². The van der Waals surface area contributed by atoms with Gasteiger partial charge in [-0.1, -0.05) is 36.4 Å². The lowest BCUT2D eigenvalue weighted by molar-refractivity contribution is -0.134. The van der Waals surface area contributed by atoms with Gasteiger partial charge in [-0.25, -0.2) is 18.4 Å². The minimum atomic E-state index is -3.64. The Morgan fingerprint density at radius 1 is 1.07 bits per heavy atom. The number of aromatic nitrogens is 2. The van der Waals surface area contributed by atoms with Crippen molar-refractivity contribution >= 4 is 67.6 Å². The maximum atomic E-state index is 12.9. The number of sulfone groups is 1. The lowest BCUT2D eigenvalue weighted by Crippen LogP contribution is -2.57. The highest BCUT2D eigenvalue weighted by Gasteiger charge is 2.40. The number of rotatable bonds is 7. The van der Waals surface area contributed by atoms with E-state index in [4.69, 9.17) is 11.5 Å². The first-order valence-corrected chi connectivity index (χ1v) is 15.8. The van der Waals surface area contributed by atoms with Gasteiger partial charge in [0.2, 0.25) is 5.91 Å². The first-order chi connectivity index (χ1) is 20.0. The van der Waals surface area contributed by atoms with Crippen LogP contribution in [-0.2, 0) is 19.4 Å². The molecule has 13 nitrogen and oxygen atoms in total. The molecule has 0 saturated carbocycles. The number of benzene rings is 1. The maximum Gasteiger partial charge on any atom is 0.280 e. The van der Waals surface area contributed by atoms with E-state index in [0.717, 1.165) is 0 Å². The van der Waals surface area contributed by atoms with Gasteiger partial charge in [-0.05, 0) is 47.6 Å². The maximum absolute atomic E-state index is 12.9. The molecule has 1 aromatic carbocycles. The number of halogens is 1. The fourth-order valence-corrected chi connectivity index (χ4v) is 6.85. The van der Waals surface area contributed by atoms with Gasteiger partial charge in [-0.15, -0.1) is 0 Å². The average molecular weight is 705 g/mol. The molecule has 1 aliphatic carbocycles. The summed E-state index contributed by atoms with van der Waals surface area (Å²) < 4.78 is 26.0.